The van der Waals surface area contributed by atoms with Crippen LogP contribution in [0.5, 0.6) is 5.75 Å². The van der Waals surface area contributed by atoms with Gasteiger partial charge in [-0.25, -0.2) is 0 Å². The monoisotopic (exact) mass is 310 g/mol. The highest BCUT2D eigenvalue weighted by molar-refractivity contribution is 9.10. The maximum absolute atomic E-state index is 5.81. The van der Waals surface area contributed by atoms with Gasteiger partial charge in [-0.05, 0) is 36.1 Å². The average Bonchev–Trinajstić information content (AvgIpc) is 2.28. The van der Waals surface area contributed by atoms with Crippen LogP contribution >= 0.6 is 39.1 Å². The van der Waals surface area contributed by atoms with Gasteiger partial charge in [0.05, 0.1) is 7.11 Å². The Kier molecular flexibility index (Phi) is 5.80. The van der Waals surface area contributed by atoms with E-state index in [-0.39, 0.29) is 0 Å². The maximum Gasteiger partial charge on any atom is 0.119 e. The molecular weight excluding hydrogens is 299 g/mol. The second-order valence-corrected chi connectivity index (χ2v) is 4.81. The largest absolute Gasteiger partial charge is 0.497 e. The lowest BCUT2D eigenvalue weighted by atomic mass is 10.0. The Bertz CT molecular complexity index is 313. The van der Waals surface area contributed by atoms with Gasteiger partial charge in [0, 0.05) is 16.2 Å². The van der Waals surface area contributed by atoms with Crippen LogP contribution in [0.15, 0.2) is 22.7 Å². The molecule has 0 aliphatic carbocycles. The van der Waals surface area contributed by atoms with E-state index >= 15 is 0 Å². The third kappa shape index (κ3) is 3.86. The summed E-state index contributed by atoms with van der Waals surface area (Å²) in [5.74, 6) is 2.31. The van der Waals surface area contributed by atoms with Gasteiger partial charge in [-0.2, -0.15) is 0 Å². The number of alkyl halides is 2. The van der Waals surface area contributed by atoms with E-state index in [2.05, 4.69) is 15.9 Å². The van der Waals surface area contributed by atoms with Crippen LogP contribution in [0.3, 0.4) is 0 Å². The van der Waals surface area contributed by atoms with Crippen LogP contribution in [0.1, 0.15) is 5.56 Å². The Morgan fingerprint density at radius 3 is 2.53 bits per heavy atom. The predicted molar refractivity (Wildman–Crippen MR) is 69.3 cm³/mol. The first-order valence-electron chi connectivity index (χ1n) is 4.65. The van der Waals surface area contributed by atoms with Crippen molar-refractivity contribution in [1.82, 2.24) is 0 Å². The third-order valence-electron chi connectivity index (χ3n) is 2.20. The fraction of sp³-hybridized carbons (Fsp3) is 0.455. The average molecular weight is 312 g/mol. The molecule has 0 unspecified atom stereocenters. The number of hydrogen-bond acceptors (Lipinski definition) is 1. The van der Waals surface area contributed by atoms with E-state index in [0.717, 1.165) is 16.6 Å². The molecule has 0 spiro atoms. The Hall–Kier alpha value is 0.0800. The fourth-order valence-corrected chi connectivity index (χ4v) is 2.25. The second-order valence-electron chi connectivity index (χ2n) is 3.34. The minimum absolute atomic E-state index is 0.303. The van der Waals surface area contributed by atoms with Crippen molar-refractivity contribution in [3.8, 4) is 5.75 Å². The summed E-state index contributed by atoms with van der Waals surface area (Å²) in [6.07, 6.45) is 0.866. The van der Waals surface area contributed by atoms with Gasteiger partial charge in [0.15, 0.2) is 0 Å². The maximum atomic E-state index is 5.81. The molecule has 0 atom stereocenters. The van der Waals surface area contributed by atoms with Crippen LogP contribution in [-0.4, -0.2) is 18.9 Å². The first kappa shape index (κ1) is 13.1. The molecule has 4 heteroatoms. The molecule has 0 bridgehead atoms. The first-order chi connectivity index (χ1) is 7.21. The number of halogens is 3. The van der Waals surface area contributed by atoms with Crippen molar-refractivity contribution in [1.29, 1.82) is 0 Å². The molecule has 0 radical (unpaired) electrons. The van der Waals surface area contributed by atoms with Crippen LogP contribution in [-0.2, 0) is 6.42 Å². The van der Waals surface area contributed by atoms with Crippen molar-refractivity contribution in [3.63, 3.8) is 0 Å². The Morgan fingerprint density at radius 2 is 2.00 bits per heavy atom. The number of rotatable bonds is 5. The van der Waals surface area contributed by atoms with Gasteiger partial charge in [-0.15, -0.1) is 23.2 Å². The molecule has 0 aromatic heterocycles. The molecule has 0 aliphatic heterocycles. The molecule has 0 heterocycles. The normalized spacial score (nSPS) is 10.7. The smallest absolute Gasteiger partial charge is 0.119 e. The van der Waals surface area contributed by atoms with Gasteiger partial charge in [-0.3, -0.25) is 0 Å². The highest BCUT2D eigenvalue weighted by atomic mass is 79.9. The molecule has 1 rings (SSSR count). The molecule has 0 aliphatic rings. The quantitative estimate of drug-likeness (QED) is 0.744. The summed E-state index contributed by atoms with van der Waals surface area (Å²) >= 11 is 15.1. The lowest BCUT2D eigenvalue weighted by molar-refractivity contribution is 0.414. The standard InChI is InChI=1S/C11H13BrCl2O/c1-15-10-2-3-11(12)9(5-10)4-8(6-13)7-14/h2-3,5,8H,4,6-7H2,1H3. The summed E-state index contributed by atoms with van der Waals surface area (Å²) in [7, 11) is 1.66. The zero-order chi connectivity index (χ0) is 11.3. The summed E-state index contributed by atoms with van der Waals surface area (Å²) in [6, 6.07) is 5.91. The van der Waals surface area contributed by atoms with E-state index in [1.807, 2.05) is 18.2 Å². The molecule has 1 nitrogen and oxygen atoms in total. The molecule has 84 valence electrons. The molecule has 0 fully saturated rings. The second kappa shape index (κ2) is 6.62. The molecule has 0 N–H and O–H groups in total. The van der Waals surface area contributed by atoms with E-state index in [4.69, 9.17) is 27.9 Å². The van der Waals surface area contributed by atoms with Gasteiger partial charge < -0.3 is 4.74 Å². The van der Waals surface area contributed by atoms with Gasteiger partial charge in [-0.1, -0.05) is 15.9 Å². The number of ether oxygens (including phenoxy) is 1. The summed E-state index contributed by atoms with van der Waals surface area (Å²) in [4.78, 5) is 0. The van der Waals surface area contributed by atoms with Crippen LogP contribution in [0, 0.1) is 5.92 Å². The van der Waals surface area contributed by atoms with Crippen LogP contribution in [0.4, 0.5) is 0 Å². The first-order valence-corrected chi connectivity index (χ1v) is 6.51. The van der Waals surface area contributed by atoms with Crippen molar-refractivity contribution in [2.24, 2.45) is 5.92 Å². The lowest BCUT2D eigenvalue weighted by Crippen LogP contribution is -2.08. The van der Waals surface area contributed by atoms with Gasteiger partial charge in [0.2, 0.25) is 0 Å². The van der Waals surface area contributed by atoms with Crippen molar-refractivity contribution in [2.75, 3.05) is 18.9 Å². The zero-order valence-corrected chi connectivity index (χ0v) is 11.6. The van der Waals surface area contributed by atoms with E-state index in [0.29, 0.717) is 17.7 Å². The summed E-state index contributed by atoms with van der Waals surface area (Å²) in [5, 5.41) is 0. The molecule has 0 saturated carbocycles. The molecule has 15 heavy (non-hydrogen) atoms. The molecule has 0 saturated heterocycles. The zero-order valence-electron chi connectivity index (χ0n) is 8.47. The van der Waals surface area contributed by atoms with Crippen molar-refractivity contribution >= 4 is 39.1 Å². The van der Waals surface area contributed by atoms with E-state index in [9.17, 15) is 0 Å². The predicted octanol–water partition coefficient (Wildman–Crippen LogP) is 4.09. The molecule has 0 amide bonds. The van der Waals surface area contributed by atoms with E-state index in [1.165, 1.54) is 5.56 Å². The Balaban J connectivity index is 2.82. The number of benzene rings is 1. The van der Waals surface area contributed by atoms with Gasteiger partial charge >= 0.3 is 0 Å². The SMILES string of the molecule is COc1ccc(Br)c(CC(CCl)CCl)c1. The van der Waals surface area contributed by atoms with Gasteiger partial charge in [0.25, 0.3) is 0 Å². The highest BCUT2D eigenvalue weighted by Crippen LogP contribution is 2.25. The third-order valence-corrected chi connectivity index (χ3v) is 3.84. The van der Waals surface area contributed by atoms with Crippen molar-refractivity contribution in [2.45, 2.75) is 6.42 Å². The van der Waals surface area contributed by atoms with E-state index < -0.39 is 0 Å². The molecule has 1 aromatic carbocycles. The summed E-state index contributed by atoms with van der Waals surface area (Å²) < 4.78 is 6.24. The fourth-order valence-electron chi connectivity index (χ4n) is 1.30. The van der Waals surface area contributed by atoms with E-state index in [1.54, 1.807) is 7.11 Å². The minimum Gasteiger partial charge on any atom is -0.497 e. The number of methoxy groups -OCH3 is 1. The lowest BCUT2D eigenvalue weighted by Gasteiger charge is -2.12. The van der Waals surface area contributed by atoms with Crippen LogP contribution < -0.4 is 4.74 Å². The summed E-state index contributed by atoms with van der Waals surface area (Å²) in [5.41, 5.74) is 1.18. The Morgan fingerprint density at radius 1 is 1.33 bits per heavy atom. The molecule has 1 aromatic rings. The van der Waals surface area contributed by atoms with Crippen LogP contribution in [0.25, 0.3) is 0 Å². The summed E-state index contributed by atoms with van der Waals surface area (Å²) in [6.45, 7) is 0. The van der Waals surface area contributed by atoms with Gasteiger partial charge in [0.1, 0.15) is 5.75 Å². The minimum atomic E-state index is 0.303. The number of hydrogen-bond donors (Lipinski definition) is 0. The highest BCUT2D eigenvalue weighted by Gasteiger charge is 2.10. The van der Waals surface area contributed by atoms with Crippen molar-refractivity contribution in [3.05, 3.63) is 28.2 Å². The molecular formula is C11H13BrCl2O. The van der Waals surface area contributed by atoms with Crippen LogP contribution in [0.2, 0.25) is 0 Å². The van der Waals surface area contributed by atoms with Crippen molar-refractivity contribution < 1.29 is 4.74 Å². The topological polar surface area (TPSA) is 9.23 Å². The Labute approximate surface area is 109 Å².